The van der Waals surface area contributed by atoms with E-state index in [1.165, 1.54) is 25.8 Å². The van der Waals surface area contributed by atoms with Gasteiger partial charge in [0, 0.05) is 39.2 Å². The van der Waals surface area contributed by atoms with Crippen LogP contribution in [-0.4, -0.2) is 92.4 Å². The predicted molar refractivity (Wildman–Crippen MR) is 112 cm³/mol. The Morgan fingerprint density at radius 3 is 1.91 bits per heavy atom. The van der Waals surface area contributed by atoms with E-state index >= 15 is 0 Å². The summed E-state index contributed by atoms with van der Waals surface area (Å²) in [7, 11) is 1.31. The molecule has 0 bridgehead atoms. The molecular weight excluding hydrogens is 464 g/mol. The number of esters is 5. The van der Waals surface area contributed by atoms with Crippen LogP contribution in [0.5, 0.6) is 0 Å². The normalized spacial score (nSPS) is 24.3. The van der Waals surface area contributed by atoms with Gasteiger partial charge < -0.3 is 33.2 Å². The molecule has 0 spiro atoms. The molecule has 0 aliphatic carbocycles. The molecule has 1 heterocycles. The SMILES string of the molecule is COC(=O)CCSCCO[C@@H]1O[C@H](COC(C)=O)[C@H](OC(C)=O)[C@H](OC(C)=O)[C@H]1OC(C)=O. The minimum absolute atomic E-state index is 0.125. The first-order valence-electron chi connectivity index (χ1n) is 10.1. The maximum Gasteiger partial charge on any atom is 0.306 e. The Morgan fingerprint density at radius 1 is 0.788 bits per heavy atom. The molecule has 13 heteroatoms. The lowest BCUT2D eigenvalue weighted by atomic mass is 9.98. The van der Waals surface area contributed by atoms with E-state index in [0.717, 1.165) is 20.8 Å². The molecule has 0 radical (unpaired) electrons. The summed E-state index contributed by atoms with van der Waals surface area (Å²) in [5.74, 6) is -2.11. The number of ether oxygens (including phenoxy) is 7. The molecule has 1 aliphatic rings. The summed E-state index contributed by atoms with van der Waals surface area (Å²) in [5.41, 5.74) is 0. The van der Waals surface area contributed by atoms with Gasteiger partial charge in [-0.05, 0) is 0 Å². The van der Waals surface area contributed by atoms with Gasteiger partial charge in [0.15, 0.2) is 24.6 Å². The summed E-state index contributed by atoms with van der Waals surface area (Å²) in [6.07, 6.45) is -5.81. The fourth-order valence-corrected chi connectivity index (χ4v) is 3.63. The zero-order valence-corrected chi connectivity index (χ0v) is 20.0. The van der Waals surface area contributed by atoms with Crippen LogP contribution in [0.1, 0.15) is 34.1 Å². The summed E-state index contributed by atoms with van der Waals surface area (Å²) in [6.45, 7) is 4.42. The van der Waals surface area contributed by atoms with Crippen LogP contribution in [0.25, 0.3) is 0 Å². The topological polar surface area (TPSA) is 150 Å². The van der Waals surface area contributed by atoms with Gasteiger partial charge in [-0.2, -0.15) is 11.8 Å². The molecule has 1 fully saturated rings. The van der Waals surface area contributed by atoms with Gasteiger partial charge >= 0.3 is 29.8 Å². The van der Waals surface area contributed by atoms with Gasteiger partial charge in [0.1, 0.15) is 12.7 Å². The third-order valence-electron chi connectivity index (χ3n) is 4.14. The molecule has 1 saturated heterocycles. The standard InChI is InChI=1S/C20H30O12S/c1-11(21)28-10-15-17(29-12(2)22)18(30-13(3)23)19(31-14(4)24)20(32-15)27-7-9-33-8-6-16(25)26-5/h15,17-20H,6-10H2,1-5H3/t15-,17+,18+,19-,20-/m1/s1. The maximum absolute atomic E-state index is 11.8. The van der Waals surface area contributed by atoms with Crippen molar-refractivity contribution in [2.24, 2.45) is 0 Å². The lowest BCUT2D eigenvalue weighted by molar-refractivity contribution is -0.307. The van der Waals surface area contributed by atoms with E-state index in [1.807, 2.05) is 0 Å². The highest BCUT2D eigenvalue weighted by Gasteiger charge is 2.52. The quantitative estimate of drug-likeness (QED) is 0.209. The number of rotatable bonds is 12. The molecule has 12 nitrogen and oxygen atoms in total. The number of methoxy groups -OCH3 is 1. The van der Waals surface area contributed by atoms with Crippen LogP contribution in [0, 0.1) is 0 Å². The summed E-state index contributed by atoms with van der Waals surface area (Å²) in [4.78, 5) is 57.6. The highest BCUT2D eigenvalue weighted by atomic mass is 32.2. The Balaban J connectivity index is 3.00. The van der Waals surface area contributed by atoms with Gasteiger partial charge in [-0.3, -0.25) is 24.0 Å². The van der Waals surface area contributed by atoms with Gasteiger partial charge in [0.05, 0.1) is 20.1 Å². The second kappa shape index (κ2) is 14.7. The Morgan fingerprint density at radius 2 is 1.36 bits per heavy atom. The lowest BCUT2D eigenvalue weighted by Crippen LogP contribution is -2.63. The van der Waals surface area contributed by atoms with Crippen molar-refractivity contribution in [1.82, 2.24) is 0 Å². The zero-order valence-electron chi connectivity index (χ0n) is 19.2. The minimum atomic E-state index is -1.28. The Bertz CT molecular complexity index is 697. The third kappa shape index (κ3) is 10.9. The maximum atomic E-state index is 11.8. The largest absolute Gasteiger partial charge is 0.469 e. The smallest absolute Gasteiger partial charge is 0.306 e. The van der Waals surface area contributed by atoms with Crippen LogP contribution in [0.2, 0.25) is 0 Å². The second-order valence-electron chi connectivity index (χ2n) is 6.88. The average Bonchev–Trinajstić information content (AvgIpc) is 2.71. The fourth-order valence-electron chi connectivity index (χ4n) is 2.91. The van der Waals surface area contributed by atoms with Crippen LogP contribution in [0.3, 0.4) is 0 Å². The Hall–Kier alpha value is -2.38. The second-order valence-corrected chi connectivity index (χ2v) is 8.10. The van der Waals surface area contributed by atoms with Gasteiger partial charge in [-0.1, -0.05) is 0 Å². The molecule has 0 amide bonds. The molecule has 0 N–H and O–H groups in total. The molecule has 5 atom stereocenters. The van der Waals surface area contributed by atoms with Crippen LogP contribution in [-0.2, 0) is 57.1 Å². The summed E-state index contributed by atoms with van der Waals surface area (Å²) >= 11 is 1.42. The van der Waals surface area contributed by atoms with Gasteiger partial charge in [0.25, 0.3) is 0 Å². The number of carbonyl (C=O) groups is 5. The highest BCUT2D eigenvalue weighted by molar-refractivity contribution is 7.99. The van der Waals surface area contributed by atoms with Crippen molar-refractivity contribution < 1.29 is 57.1 Å². The van der Waals surface area contributed by atoms with Gasteiger partial charge in [-0.15, -0.1) is 0 Å². The third-order valence-corrected chi connectivity index (χ3v) is 5.08. The molecule has 1 rings (SSSR count). The Labute approximate surface area is 195 Å². The summed E-state index contributed by atoms with van der Waals surface area (Å²) in [6, 6.07) is 0. The summed E-state index contributed by atoms with van der Waals surface area (Å²) < 4.78 is 37.0. The van der Waals surface area contributed by atoms with Gasteiger partial charge in [-0.25, -0.2) is 0 Å². The van der Waals surface area contributed by atoms with E-state index in [2.05, 4.69) is 4.74 Å². The lowest BCUT2D eigenvalue weighted by Gasteiger charge is -2.44. The van der Waals surface area contributed by atoms with E-state index in [9.17, 15) is 24.0 Å². The minimum Gasteiger partial charge on any atom is -0.469 e. The summed E-state index contributed by atoms with van der Waals surface area (Å²) in [5, 5.41) is 0. The van der Waals surface area contributed by atoms with Crippen molar-refractivity contribution in [3.8, 4) is 0 Å². The fraction of sp³-hybridized carbons (Fsp3) is 0.750. The van der Waals surface area contributed by atoms with Gasteiger partial charge in [0.2, 0.25) is 0 Å². The molecule has 0 aromatic rings. The number of carbonyl (C=O) groups excluding carboxylic acids is 5. The first-order chi connectivity index (χ1) is 15.5. The number of hydrogen-bond donors (Lipinski definition) is 0. The van der Waals surface area contributed by atoms with Crippen molar-refractivity contribution in [2.75, 3.05) is 31.8 Å². The highest BCUT2D eigenvalue weighted by Crippen LogP contribution is 2.30. The van der Waals surface area contributed by atoms with E-state index < -0.39 is 54.6 Å². The number of thioether (sulfide) groups is 1. The first kappa shape index (κ1) is 28.7. The molecule has 33 heavy (non-hydrogen) atoms. The van der Waals surface area contributed by atoms with Crippen LogP contribution >= 0.6 is 11.8 Å². The zero-order chi connectivity index (χ0) is 25.0. The molecule has 0 aromatic carbocycles. The molecule has 0 unspecified atom stereocenters. The monoisotopic (exact) mass is 494 g/mol. The van der Waals surface area contributed by atoms with Crippen molar-refractivity contribution in [3.05, 3.63) is 0 Å². The molecule has 188 valence electrons. The Kier molecular flexibility index (Phi) is 12.8. The van der Waals surface area contributed by atoms with Crippen molar-refractivity contribution in [1.29, 1.82) is 0 Å². The number of hydrogen-bond acceptors (Lipinski definition) is 13. The van der Waals surface area contributed by atoms with Crippen molar-refractivity contribution in [2.45, 2.75) is 64.8 Å². The van der Waals surface area contributed by atoms with E-state index in [0.29, 0.717) is 11.5 Å². The van der Waals surface area contributed by atoms with E-state index in [-0.39, 0.29) is 25.6 Å². The van der Waals surface area contributed by atoms with Crippen LogP contribution in [0.15, 0.2) is 0 Å². The molecule has 1 aliphatic heterocycles. The first-order valence-corrected chi connectivity index (χ1v) is 11.3. The molecule has 0 aromatic heterocycles. The van der Waals surface area contributed by atoms with Crippen LogP contribution in [0.4, 0.5) is 0 Å². The van der Waals surface area contributed by atoms with E-state index in [1.54, 1.807) is 0 Å². The molecular formula is C20H30O12S. The van der Waals surface area contributed by atoms with Crippen molar-refractivity contribution >= 4 is 41.6 Å². The predicted octanol–water partition coefficient (Wildman–Crippen LogP) is 0.382. The average molecular weight is 495 g/mol. The van der Waals surface area contributed by atoms with E-state index in [4.69, 9.17) is 28.4 Å². The van der Waals surface area contributed by atoms with Crippen molar-refractivity contribution in [3.63, 3.8) is 0 Å². The van der Waals surface area contributed by atoms with Crippen LogP contribution < -0.4 is 0 Å². The molecule has 0 saturated carbocycles.